The van der Waals surface area contributed by atoms with E-state index in [0.29, 0.717) is 11.7 Å². The van der Waals surface area contributed by atoms with Crippen LogP contribution in [-0.2, 0) is 4.74 Å². The summed E-state index contributed by atoms with van der Waals surface area (Å²) in [6, 6.07) is 16.3. The van der Waals surface area contributed by atoms with Gasteiger partial charge >= 0.3 is 12.1 Å². The summed E-state index contributed by atoms with van der Waals surface area (Å²) in [5, 5.41) is 10.8. The third-order valence-corrected chi connectivity index (χ3v) is 5.68. The van der Waals surface area contributed by atoms with Gasteiger partial charge in [0.15, 0.2) is 10.8 Å². The van der Waals surface area contributed by atoms with Crippen LogP contribution in [0.15, 0.2) is 53.9 Å². The number of amides is 1. The predicted molar refractivity (Wildman–Crippen MR) is 107 cm³/mol. The maximum absolute atomic E-state index is 12.7. The first-order valence-corrected chi connectivity index (χ1v) is 9.79. The second-order valence-corrected chi connectivity index (χ2v) is 7.21. The number of aromatic carboxylic acids is 1. The number of aromatic nitrogens is 1. The molecular weight excluding hydrogens is 376 g/mol. The zero-order chi connectivity index (χ0) is 19.7. The molecule has 0 aliphatic heterocycles. The minimum absolute atomic E-state index is 0.0269. The van der Waals surface area contributed by atoms with Crippen LogP contribution in [0.5, 0.6) is 0 Å². The van der Waals surface area contributed by atoms with Crippen molar-refractivity contribution in [2.45, 2.75) is 12.8 Å². The Balaban J connectivity index is 1.53. The molecule has 4 rings (SSSR count). The highest BCUT2D eigenvalue weighted by atomic mass is 32.1. The van der Waals surface area contributed by atoms with Crippen molar-refractivity contribution < 1.29 is 19.4 Å². The molecule has 0 spiro atoms. The molecule has 28 heavy (non-hydrogen) atoms. The highest BCUT2D eigenvalue weighted by Gasteiger charge is 2.30. The highest BCUT2D eigenvalue weighted by Crippen LogP contribution is 2.44. The molecule has 3 aromatic rings. The van der Waals surface area contributed by atoms with Gasteiger partial charge < -0.3 is 9.84 Å². The second-order valence-electron chi connectivity index (χ2n) is 6.37. The molecule has 1 heterocycles. The number of nitrogens with zero attached hydrogens (tertiary/aromatic N) is 2. The number of hydrogen-bond donors (Lipinski definition) is 1. The molecule has 6 nitrogen and oxygen atoms in total. The number of carbonyl (C=O) groups excluding carboxylic acids is 1. The number of carboxylic acid groups (broad SMARTS) is 1. The van der Waals surface area contributed by atoms with Crippen LogP contribution in [0.2, 0.25) is 0 Å². The number of carbonyl (C=O) groups is 2. The summed E-state index contributed by atoms with van der Waals surface area (Å²) in [5.74, 6) is -1.15. The minimum atomic E-state index is -1.12. The lowest BCUT2D eigenvalue weighted by molar-refractivity contribution is 0.0691. The summed E-state index contributed by atoms with van der Waals surface area (Å²) < 4.78 is 5.62. The number of benzene rings is 2. The fraction of sp³-hybridized carbons (Fsp3) is 0.190. The topological polar surface area (TPSA) is 79.7 Å². The van der Waals surface area contributed by atoms with Crippen molar-refractivity contribution in [1.29, 1.82) is 0 Å². The quantitative estimate of drug-likeness (QED) is 0.683. The molecule has 1 amide bonds. The van der Waals surface area contributed by atoms with Gasteiger partial charge in [-0.25, -0.2) is 14.6 Å². The molecule has 0 bridgehead atoms. The maximum Gasteiger partial charge on any atom is 0.416 e. The Hall–Kier alpha value is -3.19. The Kier molecular flexibility index (Phi) is 4.83. The molecule has 1 aliphatic carbocycles. The Morgan fingerprint density at radius 2 is 1.71 bits per heavy atom. The van der Waals surface area contributed by atoms with Gasteiger partial charge in [0, 0.05) is 17.8 Å². The van der Waals surface area contributed by atoms with E-state index in [-0.39, 0.29) is 18.2 Å². The van der Waals surface area contributed by atoms with Crippen LogP contribution in [0.25, 0.3) is 11.1 Å². The van der Waals surface area contributed by atoms with E-state index >= 15 is 0 Å². The zero-order valence-electron chi connectivity index (χ0n) is 15.2. The Morgan fingerprint density at radius 3 is 2.25 bits per heavy atom. The number of carboxylic acids is 1. The summed E-state index contributed by atoms with van der Waals surface area (Å²) in [7, 11) is 0. The smallest absolute Gasteiger partial charge is 0.416 e. The van der Waals surface area contributed by atoms with E-state index < -0.39 is 12.1 Å². The van der Waals surface area contributed by atoms with Crippen LogP contribution in [0, 0.1) is 0 Å². The third-order valence-electron chi connectivity index (χ3n) is 4.81. The molecule has 0 radical (unpaired) electrons. The number of thiazole rings is 1. The van der Waals surface area contributed by atoms with E-state index in [0.717, 1.165) is 33.6 Å². The summed E-state index contributed by atoms with van der Waals surface area (Å²) in [6.07, 6.45) is -0.532. The van der Waals surface area contributed by atoms with Gasteiger partial charge in [0.25, 0.3) is 0 Å². The van der Waals surface area contributed by atoms with Gasteiger partial charge in [0.05, 0.1) is 0 Å². The molecule has 2 aromatic carbocycles. The van der Waals surface area contributed by atoms with Crippen molar-refractivity contribution in [2.24, 2.45) is 0 Å². The van der Waals surface area contributed by atoms with Gasteiger partial charge in [0.1, 0.15) is 6.61 Å². The largest absolute Gasteiger partial charge is 0.476 e. The molecule has 0 atom stereocenters. The van der Waals surface area contributed by atoms with Gasteiger partial charge in [-0.05, 0) is 29.2 Å². The van der Waals surface area contributed by atoms with Crippen LogP contribution in [0.4, 0.5) is 9.93 Å². The van der Waals surface area contributed by atoms with Crippen molar-refractivity contribution in [1.82, 2.24) is 4.98 Å². The van der Waals surface area contributed by atoms with Crippen LogP contribution >= 0.6 is 11.3 Å². The lowest BCUT2D eigenvalue weighted by atomic mass is 9.98. The van der Waals surface area contributed by atoms with Gasteiger partial charge in [0.2, 0.25) is 0 Å². The SMILES string of the molecule is CCN(C(=O)OCC1c2ccccc2-c2ccccc21)c1nc(C(=O)O)cs1. The Bertz CT molecular complexity index is 1000. The molecule has 1 aromatic heterocycles. The standard InChI is InChI=1S/C21H18N2O4S/c1-2-23(20-22-18(12-28-20)19(24)25)21(26)27-11-17-15-9-5-3-7-13(15)14-8-4-6-10-16(14)17/h3-10,12,17H,2,11H2,1H3,(H,24,25). The van der Waals surface area contributed by atoms with Crippen LogP contribution in [0.3, 0.4) is 0 Å². The van der Waals surface area contributed by atoms with Gasteiger partial charge in [-0.3, -0.25) is 4.90 Å². The fourth-order valence-electron chi connectivity index (χ4n) is 3.50. The van der Waals surface area contributed by atoms with Gasteiger partial charge in [-0.15, -0.1) is 11.3 Å². The van der Waals surface area contributed by atoms with E-state index in [1.165, 1.54) is 10.3 Å². The van der Waals surface area contributed by atoms with Gasteiger partial charge in [-0.2, -0.15) is 0 Å². The first kappa shape index (κ1) is 18.2. The van der Waals surface area contributed by atoms with Crippen LogP contribution in [0.1, 0.15) is 34.5 Å². The van der Waals surface area contributed by atoms with Crippen molar-refractivity contribution in [3.8, 4) is 11.1 Å². The van der Waals surface area contributed by atoms with Crippen LogP contribution < -0.4 is 4.90 Å². The summed E-state index contributed by atoms with van der Waals surface area (Å²) in [5.41, 5.74) is 4.53. The molecule has 7 heteroatoms. The van der Waals surface area contributed by atoms with Crippen molar-refractivity contribution in [3.05, 3.63) is 70.7 Å². The van der Waals surface area contributed by atoms with E-state index in [1.54, 1.807) is 6.92 Å². The minimum Gasteiger partial charge on any atom is -0.476 e. The van der Waals surface area contributed by atoms with E-state index in [2.05, 4.69) is 29.2 Å². The molecule has 0 unspecified atom stereocenters. The van der Waals surface area contributed by atoms with Crippen molar-refractivity contribution in [3.63, 3.8) is 0 Å². The fourth-order valence-corrected chi connectivity index (χ4v) is 4.35. The Morgan fingerprint density at radius 1 is 1.11 bits per heavy atom. The van der Waals surface area contributed by atoms with Crippen molar-refractivity contribution >= 4 is 28.5 Å². The zero-order valence-corrected chi connectivity index (χ0v) is 16.0. The van der Waals surface area contributed by atoms with Crippen molar-refractivity contribution in [2.75, 3.05) is 18.1 Å². The second kappa shape index (κ2) is 7.44. The number of hydrogen-bond acceptors (Lipinski definition) is 5. The van der Waals surface area contributed by atoms with E-state index in [4.69, 9.17) is 9.84 Å². The van der Waals surface area contributed by atoms with Crippen LogP contribution in [-0.4, -0.2) is 35.3 Å². The van der Waals surface area contributed by atoms with E-state index in [1.807, 2.05) is 24.3 Å². The first-order chi connectivity index (χ1) is 13.6. The molecular formula is C21H18N2O4S. The molecule has 0 saturated carbocycles. The summed E-state index contributed by atoms with van der Waals surface area (Å²) in [6.45, 7) is 2.34. The normalized spacial score (nSPS) is 12.3. The molecule has 0 fully saturated rings. The third kappa shape index (κ3) is 3.14. The maximum atomic E-state index is 12.7. The van der Waals surface area contributed by atoms with E-state index in [9.17, 15) is 9.59 Å². The number of fused-ring (bicyclic) bond motifs is 3. The van der Waals surface area contributed by atoms with Gasteiger partial charge in [-0.1, -0.05) is 48.5 Å². The number of rotatable bonds is 5. The average molecular weight is 394 g/mol. The lowest BCUT2D eigenvalue weighted by Gasteiger charge is -2.20. The number of anilines is 1. The average Bonchev–Trinajstić information content (AvgIpc) is 3.31. The first-order valence-electron chi connectivity index (χ1n) is 8.91. The predicted octanol–water partition coefficient (Wildman–Crippen LogP) is 4.62. The lowest BCUT2D eigenvalue weighted by Crippen LogP contribution is -2.32. The number of ether oxygens (including phenoxy) is 1. The highest BCUT2D eigenvalue weighted by molar-refractivity contribution is 7.14. The summed E-state index contributed by atoms with van der Waals surface area (Å²) >= 11 is 1.11. The molecule has 1 N–H and O–H groups in total. The Labute approximate surface area is 166 Å². The molecule has 0 saturated heterocycles. The monoisotopic (exact) mass is 394 g/mol. The summed E-state index contributed by atoms with van der Waals surface area (Å²) in [4.78, 5) is 29.0. The molecule has 1 aliphatic rings. The molecule has 142 valence electrons.